The normalized spacial score (nSPS) is 11.7. The van der Waals surface area contributed by atoms with E-state index in [2.05, 4.69) is 20.8 Å². The van der Waals surface area contributed by atoms with E-state index in [1.807, 2.05) is 0 Å². The summed E-state index contributed by atoms with van der Waals surface area (Å²) >= 11 is 0. The molecule has 0 aliphatic rings. The minimum atomic E-state index is 0.224. The fraction of sp³-hybridized carbons (Fsp3) is 0.941. The van der Waals surface area contributed by atoms with Crippen LogP contribution < -0.4 is 0 Å². The number of aldehydes is 1. The summed E-state index contributed by atoms with van der Waals surface area (Å²) in [5.41, 5.74) is 0.224. The van der Waals surface area contributed by atoms with Gasteiger partial charge in [-0.1, -0.05) is 85.0 Å². The third-order valence-corrected chi connectivity index (χ3v) is 3.84. The van der Waals surface area contributed by atoms with Gasteiger partial charge in [-0.25, -0.2) is 0 Å². The Kier molecular flexibility index (Phi) is 11.5. The van der Waals surface area contributed by atoms with Gasteiger partial charge in [0, 0.05) is 6.42 Å². The van der Waals surface area contributed by atoms with E-state index in [9.17, 15) is 4.79 Å². The van der Waals surface area contributed by atoms with Crippen LogP contribution >= 0.6 is 0 Å². The fourth-order valence-electron chi connectivity index (χ4n) is 2.42. The van der Waals surface area contributed by atoms with E-state index in [-0.39, 0.29) is 5.41 Å². The van der Waals surface area contributed by atoms with E-state index in [0.29, 0.717) is 6.42 Å². The van der Waals surface area contributed by atoms with Crippen molar-refractivity contribution in [2.24, 2.45) is 5.41 Å². The van der Waals surface area contributed by atoms with Crippen molar-refractivity contribution in [2.75, 3.05) is 0 Å². The first-order chi connectivity index (χ1) is 8.62. The molecule has 0 radical (unpaired) electrons. The lowest BCUT2D eigenvalue weighted by Crippen LogP contribution is -2.11. The van der Waals surface area contributed by atoms with Gasteiger partial charge in [0.1, 0.15) is 6.29 Å². The lowest BCUT2D eigenvalue weighted by Gasteiger charge is -2.21. The van der Waals surface area contributed by atoms with Gasteiger partial charge in [0.15, 0.2) is 0 Å². The Morgan fingerprint density at radius 2 is 1.22 bits per heavy atom. The molecule has 1 heteroatoms. The summed E-state index contributed by atoms with van der Waals surface area (Å²) in [5, 5.41) is 0. The zero-order valence-corrected chi connectivity index (χ0v) is 13.0. The lowest BCUT2D eigenvalue weighted by atomic mass is 9.84. The predicted molar refractivity (Wildman–Crippen MR) is 80.9 cm³/mol. The third kappa shape index (κ3) is 12.1. The van der Waals surface area contributed by atoms with Crippen molar-refractivity contribution < 1.29 is 4.79 Å². The van der Waals surface area contributed by atoms with Crippen LogP contribution in [0.3, 0.4) is 0 Å². The first-order valence-corrected chi connectivity index (χ1v) is 8.06. The van der Waals surface area contributed by atoms with Gasteiger partial charge in [-0.15, -0.1) is 0 Å². The van der Waals surface area contributed by atoms with Crippen LogP contribution in [0, 0.1) is 5.41 Å². The highest BCUT2D eigenvalue weighted by Gasteiger charge is 2.15. The number of carbonyl (C=O) groups excluding carboxylic acids is 1. The molecule has 0 unspecified atom stereocenters. The van der Waals surface area contributed by atoms with Gasteiger partial charge < -0.3 is 4.79 Å². The maximum atomic E-state index is 10.5. The van der Waals surface area contributed by atoms with Crippen molar-refractivity contribution in [1.29, 1.82) is 0 Å². The number of carbonyl (C=O) groups is 1. The largest absolute Gasteiger partial charge is 0.303 e. The second-order valence-electron chi connectivity index (χ2n) is 6.47. The first-order valence-electron chi connectivity index (χ1n) is 8.06. The minimum absolute atomic E-state index is 0.224. The molecule has 0 aromatic rings. The van der Waals surface area contributed by atoms with Crippen LogP contribution in [0.2, 0.25) is 0 Å². The van der Waals surface area contributed by atoms with Crippen LogP contribution in [0.1, 0.15) is 97.8 Å². The molecule has 0 saturated heterocycles. The number of rotatable bonds is 13. The summed E-state index contributed by atoms with van der Waals surface area (Å²) in [6, 6.07) is 0. The Hall–Kier alpha value is -0.330. The predicted octanol–water partition coefficient (Wildman–Crippen LogP) is 5.91. The molecule has 0 heterocycles. The van der Waals surface area contributed by atoms with Gasteiger partial charge in [-0.2, -0.15) is 0 Å². The number of hydrogen-bond donors (Lipinski definition) is 0. The SMILES string of the molecule is CCCCCCCCCCCCC(C)(C)CC=O. The molecule has 1 nitrogen and oxygen atoms in total. The van der Waals surface area contributed by atoms with E-state index < -0.39 is 0 Å². The molecular formula is C17H34O. The molecule has 0 fully saturated rings. The molecule has 0 bridgehead atoms. The average molecular weight is 254 g/mol. The third-order valence-electron chi connectivity index (χ3n) is 3.84. The topological polar surface area (TPSA) is 17.1 Å². The van der Waals surface area contributed by atoms with Crippen LogP contribution in [0.25, 0.3) is 0 Å². The highest BCUT2D eigenvalue weighted by atomic mass is 16.1. The molecule has 0 rings (SSSR count). The van der Waals surface area contributed by atoms with Gasteiger partial charge in [-0.3, -0.25) is 0 Å². The van der Waals surface area contributed by atoms with Crippen molar-refractivity contribution in [3.8, 4) is 0 Å². The smallest absolute Gasteiger partial charge is 0.120 e. The molecule has 0 spiro atoms. The van der Waals surface area contributed by atoms with Gasteiger partial charge >= 0.3 is 0 Å². The fourth-order valence-corrected chi connectivity index (χ4v) is 2.42. The standard InChI is InChI=1S/C17H34O/c1-4-5-6-7-8-9-10-11-12-13-14-17(2,3)15-16-18/h16H,4-15H2,1-3H3. The second-order valence-corrected chi connectivity index (χ2v) is 6.47. The highest BCUT2D eigenvalue weighted by molar-refractivity contribution is 5.50. The summed E-state index contributed by atoms with van der Waals surface area (Å²) < 4.78 is 0. The van der Waals surface area contributed by atoms with Crippen molar-refractivity contribution in [3.63, 3.8) is 0 Å². The van der Waals surface area contributed by atoms with Crippen LogP contribution in [0.15, 0.2) is 0 Å². The summed E-state index contributed by atoms with van der Waals surface area (Å²) in [7, 11) is 0. The average Bonchev–Trinajstić information content (AvgIpc) is 2.31. The van der Waals surface area contributed by atoms with Crippen LogP contribution in [-0.4, -0.2) is 6.29 Å². The maximum Gasteiger partial charge on any atom is 0.120 e. The molecule has 0 aromatic heterocycles. The lowest BCUT2D eigenvalue weighted by molar-refractivity contribution is -0.109. The zero-order chi connectivity index (χ0) is 13.7. The highest BCUT2D eigenvalue weighted by Crippen LogP contribution is 2.26. The molecule has 0 aromatic carbocycles. The maximum absolute atomic E-state index is 10.5. The zero-order valence-electron chi connectivity index (χ0n) is 13.0. The summed E-state index contributed by atoms with van der Waals surface area (Å²) in [5.74, 6) is 0. The van der Waals surface area contributed by atoms with Gasteiger partial charge in [0.25, 0.3) is 0 Å². The molecule has 108 valence electrons. The van der Waals surface area contributed by atoms with E-state index in [1.165, 1.54) is 70.6 Å². The Labute approximate surface area is 115 Å². The Bertz CT molecular complexity index is 184. The van der Waals surface area contributed by atoms with E-state index >= 15 is 0 Å². The molecule has 0 N–H and O–H groups in total. The van der Waals surface area contributed by atoms with Crippen LogP contribution in [0.4, 0.5) is 0 Å². The molecule has 0 aliphatic heterocycles. The monoisotopic (exact) mass is 254 g/mol. The van der Waals surface area contributed by atoms with Crippen molar-refractivity contribution in [3.05, 3.63) is 0 Å². The Morgan fingerprint density at radius 3 is 1.67 bits per heavy atom. The van der Waals surface area contributed by atoms with E-state index in [4.69, 9.17) is 0 Å². The van der Waals surface area contributed by atoms with Crippen LogP contribution in [0.5, 0.6) is 0 Å². The molecule has 0 atom stereocenters. The van der Waals surface area contributed by atoms with Crippen LogP contribution in [-0.2, 0) is 4.79 Å². The van der Waals surface area contributed by atoms with Gasteiger partial charge in [0.05, 0.1) is 0 Å². The Balaban J connectivity index is 3.18. The molecule has 0 amide bonds. The first kappa shape index (κ1) is 17.7. The Morgan fingerprint density at radius 1 is 0.778 bits per heavy atom. The second kappa shape index (κ2) is 11.7. The molecule has 0 saturated carbocycles. The van der Waals surface area contributed by atoms with Gasteiger partial charge in [0.2, 0.25) is 0 Å². The van der Waals surface area contributed by atoms with E-state index in [1.54, 1.807) is 0 Å². The quantitative estimate of drug-likeness (QED) is 0.295. The summed E-state index contributed by atoms with van der Waals surface area (Å²) in [6.45, 7) is 6.68. The van der Waals surface area contributed by atoms with E-state index in [0.717, 1.165) is 6.29 Å². The van der Waals surface area contributed by atoms with Gasteiger partial charge in [-0.05, 0) is 11.8 Å². The molecule has 18 heavy (non-hydrogen) atoms. The van der Waals surface area contributed by atoms with Crippen molar-refractivity contribution >= 4 is 6.29 Å². The summed E-state index contributed by atoms with van der Waals surface area (Å²) in [6.07, 6.45) is 16.8. The minimum Gasteiger partial charge on any atom is -0.303 e. The number of unbranched alkanes of at least 4 members (excludes halogenated alkanes) is 9. The molecule has 0 aliphatic carbocycles. The molecular weight excluding hydrogens is 220 g/mol. The van der Waals surface area contributed by atoms with Crippen molar-refractivity contribution in [1.82, 2.24) is 0 Å². The number of hydrogen-bond acceptors (Lipinski definition) is 1. The van der Waals surface area contributed by atoms with Crippen molar-refractivity contribution in [2.45, 2.75) is 97.8 Å². The summed E-state index contributed by atoms with van der Waals surface area (Å²) in [4.78, 5) is 10.5.